The predicted molar refractivity (Wildman–Crippen MR) is 110 cm³/mol. The smallest absolute Gasteiger partial charge is 0.234 e. The zero-order valence-electron chi connectivity index (χ0n) is 15.5. The number of amides is 1. The molecule has 144 valence electrons. The molecule has 1 amide bonds. The quantitative estimate of drug-likeness (QED) is 0.603. The third-order valence-corrected chi connectivity index (χ3v) is 4.91. The largest absolute Gasteiger partial charge is 0.495 e. The highest BCUT2D eigenvalue weighted by Gasteiger charge is 2.11. The van der Waals surface area contributed by atoms with E-state index in [1.165, 1.54) is 25.8 Å². The Bertz CT molecular complexity index is 826. The molecule has 1 N–H and O–H groups in total. The van der Waals surface area contributed by atoms with Gasteiger partial charge in [-0.2, -0.15) is 0 Å². The van der Waals surface area contributed by atoms with Crippen LogP contribution in [-0.4, -0.2) is 31.2 Å². The van der Waals surface area contributed by atoms with Crippen molar-refractivity contribution in [3.05, 3.63) is 52.5 Å². The van der Waals surface area contributed by atoms with E-state index in [4.69, 9.17) is 21.1 Å². The van der Waals surface area contributed by atoms with Gasteiger partial charge in [0.05, 0.1) is 25.2 Å². The Hall–Kier alpha value is -2.18. The van der Waals surface area contributed by atoms with E-state index in [0.717, 1.165) is 11.3 Å². The van der Waals surface area contributed by atoms with Crippen molar-refractivity contribution in [1.29, 1.82) is 0 Å². The first kappa shape index (κ1) is 21.1. The molecule has 0 radical (unpaired) electrons. The monoisotopic (exact) mass is 407 g/mol. The standard InChI is InChI=1S/C20H22ClNO4S/c1-4-26-18-7-5-14(13(2)23)9-15(18)11-27-12-20(24)22-17-10-16(21)6-8-19(17)25-3/h5-10H,4,11-12H2,1-3H3,(H,22,24). The SMILES string of the molecule is CCOc1ccc(C(C)=O)cc1CSCC(=O)Nc1cc(Cl)ccc1OC. The number of nitrogens with one attached hydrogen (secondary N) is 1. The highest BCUT2D eigenvalue weighted by atomic mass is 35.5. The maximum Gasteiger partial charge on any atom is 0.234 e. The van der Waals surface area contributed by atoms with Gasteiger partial charge in [-0.05, 0) is 50.2 Å². The molecule has 0 aliphatic heterocycles. The number of carbonyl (C=O) groups excluding carboxylic acids is 2. The van der Waals surface area contributed by atoms with Crippen LogP contribution in [0.1, 0.15) is 29.8 Å². The van der Waals surface area contributed by atoms with E-state index in [1.807, 2.05) is 13.0 Å². The summed E-state index contributed by atoms with van der Waals surface area (Å²) in [5, 5.41) is 3.32. The summed E-state index contributed by atoms with van der Waals surface area (Å²) < 4.78 is 10.8. The first-order chi connectivity index (χ1) is 12.9. The van der Waals surface area contributed by atoms with Crippen molar-refractivity contribution in [2.24, 2.45) is 0 Å². The van der Waals surface area contributed by atoms with Crippen LogP contribution in [0, 0.1) is 0 Å². The summed E-state index contributed by atoms with van der Waals surface area (Å²) in [4.78, 5) is 23.9. The molecule has 0 bridgehead atoms. The number of ether oxygens (including phenoxy) is 2. The van der Waals surface area contributed by atoms with Gasteiger partial charge in [-0.3, -0.25) is 9.59 Å². The van der Waals surface area contributed by atoms with Crippen LogP contribution in [0.5, 0.6) is 11.5 Å². The van der Waals surface area contributed by atoms with Crippen LogP contribution in [0.2, 0.25) is 5.02 Å². The van der Waals surface area contributed by atoms with Crippen LogP contribution in [0.3, 0.4) is 0 Å². The van der Waals surface area contributed by atoms with Gasteiger partial charge in [-0.25, -0.2) is 0 Å². The number of halogens is 1. The third kappa shape index (κ3) is 6.19. The molecule has 0 atom stereocenters. The van der Waals surface area contributed by atoms with Crippen LogP contribution in [0.15, 0.2) is 36.4 Å². The molecule has 27 heavy (non-hydrogen) atoms. The molecule has 0 aliphatic carbocycles. The van der Waals surface area contributed by atoms with Gasteiger partial charge in [-0.15, -0.1) is 11.8 Å². The maximum absolute atomic E-state index is 12.3. The Kier molecular flexibility index (Phi) is 8.00. The highest BCUT2D eigenvalue weighted by molar-refractivity contribution is 7.99. The van der Waals surface area contributed by atoms with Crippen molar-refractivity contribution < 1.29 is 19.1 Å². The molecule has 0 heterocycles. The number of ketones is 1. The van der Waals surface area contributed by atoms with Crippen LogP contribution >= 0.6 is 23.4 Å². The fraction of sp³-hybridized carbons (Fsp3) is 0.300. The third-order valence-electron chi connectivity index (χ3n) is 3.69. The number of benzene rings is 2. The van der Waals surface area contributed by atoms with Gasteiger partial charge in [-0.1, -0.05) is 11.6 Å². The lowest BCUT2D eigenvalue weighted by atomic mass is 10.1. The molecule has 0 aliphatic rings. The van der Waals surface area contributed by atoms with Crippen LogP contribution in [-0.2, 0) is 10.5 Å². The molecular weight excluding hydrogens is 386 g/mol. The first-order valence-electron chi connectivity index (χ1n) is 8.42. The predicted octanol–water partition coefficient (Wildman–Crippen LogP) is 4.82. The van der Waals surface area contributed by atoms with Gasteiger partial charge in [0, 0.05) is 21.9 Å². The van der Waals surface area contributed by atoms with Crippen molar-refractivity contribution in [3.63, 3.8) is 0 Å². The number of carbonyl (C=O) groups is 2. The number of Topliss-reactive ketones (excluding diaryl/α,β-unsaturated/α-hetero) is 1. The molecule has 0 unspecified atom stereocenters. The summed E-state index contributed by atoms with van der Waals surface area (Å²) >= 11 is 7.41. The Balaban J connectivity index is 1.99. The van der Waals surface area contributed by atoms with Gasteiger partial charge in [0.2, 0.25) is 5.91 Å². The van der Waals surface area contributed by atoms with E-state index in [1.54, 1.807) is 30.3 Å². The molecule has 0 spiro atoms. The van der Waals surface area contributed by atoms with Crippen LogP contribution < -0.4 is 14.8 Å². The van der Waals surface area contributed by atoms with Gasteiger partial charge in [0.1, 0.15) is 11.5 Å². The molecule has 2 rings (SSSR count). The molecule has 5 nitrogen and oxygen atoms in total. The summed E-state index contributed by atoms with van der Waals surface area (Å²) in [6, 6.07) is 10.4. The summed E-state index contributed by atoms with van der Waals surface area (Å²) in [6.07, 6.45) is 0. The summed E-state index contributed by atoms with van der Waals surface area (Å²) in [6.45, 7) is 3.96. The Morgan fingerprint density at radius 1 is 1.15 bits per heavy atom. The fourth-order valence-electron chi connectivity index (χ4n) is 2.43. The van der Waals surface area contributed by atoms with E-state index in [-0.39, 0.29) is 17.4 Å². The lowest BCUT2D eigenvalue weighted by Crippen LogP contribution is -2.15. The van der Waals surface area contributed by atoms with Gasteiger partial charge in [0.25, 0.3) is 0 Å². The second kappa shape index (κ2) is 10.2. The van der Waals surface area contributed by atoms with Crippen molar-refractivity contribution in [2.45, 2.75) is 19.6 Å². The minimum Gasteiger partial charge on any atom is -0.495 e. The van der Waals surface area contributed by atoms with Crippen molar-refractivity contribution in [2.75, 3.05) is 24.8 Å². The van der Waals surface area contributed by atoms with E-state index < -0.39 is 0 Å². The fourth-order valence-corrected chi connectivity index (χ4v) is 3.40. The second-order valence-corrected chi connectivity index (χ2v) is 7.12. The molecule has 0 fully saturated rings. The molecule has 0 saturated heterocycles. The van der Waals surface area contributed by atoms with E-state index in [9.17, 15) is 9.59 Å². The lowest BCUT2D eigenvalue weighted by Gasteiger charge is -2.12. The molecular formula is C20H22ClNO4S. The topological polar surface area (TPSA) is 64.6 Å². The average molecular weight is 408 g/mol. The Labute approximate surface area is 168 Å². The molecule has 2 aromatic carbocycles. The summed E-state index contributed by atoms with van der Waals surface area (Å²) in [5.74, 6) is 1.90. The maximum atomic E-state index is 12.3. The van der Waals surface area contributed by atoms with Crippen molar-refractivity contribution in [3.8, 4) is 11.5 Å². The number of anilines is 1. The highest BCUT2D eigenvalue weighted by Crippen LogP contribution is 2.28. The van der Waals surface area contributed by atoms with E-state index in [2.05, 4.69) is 5.32 Å². The number of hydrogen-bond acceptors (Lipinski definition) is 5. The molecule has 0 aromatic heterocycles. The molecule has 0 saturated carbocycles. The normalized spacial score (nSPS) is 10.4. The Morgan fingerprint density at radius 2 is 1.89 bits per heavy atom. The first-order valence-corrected chi connectivity index (χ1v) is 9.95. The van der Waals surface area contributed by atoms with Crippen molar-refractivity contribution >= 4 is 40.7 Å². The lowest BCUT2D eigenvalue weighted by molar-refractivity contribution is -0.113. The van der Waals surface area contributed by atoms with Gasteiger partial charge in [0.15, 0.2) is 5.78 Å². The van der Waals surface area contributed by atoms with E-state index in [0.29, 0.717) is 34.4 Å². The summed E-state index contributed by atoms with van der Waals surface area (Å²) in [7, 11) is 1.53. The van der Waals surface area contributed by atoms with Crippen LogP contribution in [0.4, 0.5) is 5.69 Å². The number of rotatable bonds is 9. The van der Waals surface area contributed by atoms with Crippen molar-refractivity contribution in [1.82, 2.24) is 0 Å². The number of thioether (sulfide) groups is 1. The van der Waals surface area contributed by atoms with Crippen LogP contribution in [0.25, 0.3) is 0 Å². The number of hydrogen-bond donors (Lipinski definition) is 1. The minimum atomic E-state index is -0.166. The second-order valence-electron chi connectivity index (χ2n) is 5.70. The zero-order chi connectivity index (χ0) is 19.8. The average Bonchev–Trinajstić information content (AvgIpc) is 2.63. The van der Waals surface area contributed by atoms with Gasteiger partial charge < -0.3 is 14.8 Å². The molecule has 2 aromatic rings. The summed E-state index contributed by atoms with van der Waals surface area (Å²) in [5.41, 5.74) is 2.05. The van der Waals surface area contributed by atoms with E-state index >= 15 is 0 Å². The Morgan fingerprint density at radius 3 is 2.56 bits per heavy atom. The minimum absolute atomic E-state index is 0.00454. The zero-order valence-corrected chi connectivity index (χ0v) is 17.1. The molecule has 7 heteroatoms. The number of methoxy groups -OCH3 is 1. The van der Waals surface area contributed by atoms with Gasteiger partial charge >= 0.3 is 0 Å².